The fraction of sp³-hybridized carbons (Fsp3) is 0.423. The molecule has 0 atom stereocenters. The zero-order valence-electron chi connectivity index (χ0n) is 19.7. The molecule has 2 fully saturated rings. The molecule has 1 aliphatic carbocycles. The van der Waals surface area contributed by atoms with E-state index in [1.54, 1.807) is 4.90 Å². The predicted octanol–water partition coefficient (Wildman–Crippen LogP) is 3.80. The molecule has 0 spiro atoms. The van der Waals surface area contributed by atoms with Crippen LogP contribution in [0.3, 0.4) is 0 Å². The maximum absolute atomic E-state index is 12.6. The Balaban J connectivity index is 1.22. The summed E-state index contributed by atoms with van der Waals surface area (Å²) in [6.07, 6.45) is 8.04. The van der Waals surface area contributed by atoms with Crippen LogP contribution in [0.25, 0.3) is 6.08 Å². The quantitative estimate of drug-likeness (QED) is 0.547. The minimum absolute atomic E-state index is 0.0207. The number of hydrogen-bond donors (Lipinski definition) is 1. The van der Waals surface area contributed by atoms with Gasteiger partial charge in [0, 0.05) is 38.8 Å². The van der Waals surface area contributed by atoms with Crippen LogP contribution in [0.5, 0.6) is 5.75 Å². The van der Waals surface area contributed by atoms with Crippen LogP contribution in [-0.2, 0) is 14.8 Å². The Morgan fingerprint density at radius 2 is 1.77 bits per heavy atom. The molecular weight excluding hydrogens is 486 g/mol. The first kappa shape index (κ1) is 25.7. The minimum Gasteiger partial charge on any atom is -0.482 e. The highest BCUT2D eigenvalue weighted by Crippen LogP contribution is 2.28. The highest BCUT2D eigenvalue weighted by Gasteiger charge is 2.24. The van der Waals surface area contributed by atoms with E-state index in [0.29, 0.717) is 18.8 Å². The van der Waals surface area contributed by atoms with Gasteiger partial charge in [-0.3, -0.25) is 9.69 Å². The second-order valence-corrected chi connectivity index (χ2v) is 11.1. The number of piperazine rings is 1. The standard InChI is InChI=1S/C26H32ClN3O4S/c27-24-19-23(35(32,33)28-22-10-4-5-11-22)12-13-25(24)34-20-26(31)30-17-15-29(16-18-30)14-6-9-21-7-2-1-3-8-21/h1-3,6-9,12-13,19,22,28H,4-5,10-11,14-18,20H2/b9-6+. The van der Waals surface area contributed by atoms with E-state index < -0.39 is 10.0 Å². The molecule has 2 aromatic carbocycles. The van der Waals surface area contributed by atoms with E-state index >= 15 is 0 Å². The maximum atomic E-state index is 12.6. The van der Waals surface area contributed by atoms with Crippen molar-refractivity contribution in [3.63, 3.8) is 0 Å². The molecule has 1 saturated carbocycles. The van der Waals surface area contributed by atoms with Gasteiger partial charge in [0.1, 0.15) is 5.75 Å². The lowest BCUT2D eigenvalue weighted by Crippen LogP contribution is -2.49. The summed E-state index contributed by atoms with van der Waals surface area (Å²) in [6, 6.07) is 14.5. The topological polar surface area (TPSA) is 78.9 Å². The van der Waals surface area contributed by atoms with Gasteiger partial charge in [0.05, 0.1) is 9.92 Å². The molecule has 0 bridgehead atoms. The van der Waals surface area contributed by atoms with E-state index in [0.717, 1.165) is 45.3 Å². The molecule has 2 aliphatic rings. The number of carbonyl (C=O) groups excluding carboxylic acids is 1. The first-order valence-electron chi connectivity index (χ1n) is 12.1. The lowest BCUT2D eigenvalue weighted by atomic mass is 10.2. The van der Waals surface area contributed by atoms with E-state index in [-0.39, 0.29) is 28.5 Å². The number of halogens is 1. The van der Waals surface area contributed by atoms with Crippen molar-refractivity contribution in [2.24, 2.45) is 0 Å². The fourth-order valence-electron chi connectivity index (χ4n) is 4.41. The number of ether oxygens (including phenoxy) is 1. The van der Waals surface area contributed by atoms with Crippen molar-refractivity contribution >= 4 is 33.6 Å². The summed E-state index contributed by atoms with van der Waals surface area (Å²) in [6.45, 7) is 3.57. The summed E-state index contributed by atoms with van der Waals surface area (Å²) >= 11 is 6.28. The lowest BCUT2D eigenvalue weighted by molar-refractivity contribution is -0.135. The van der Waals surface area contributed by atoms with Crippen molar-refractivity contribution in [1.29, 1.82) is 0 Å². The first-order chi connectivity index (χ1) is 16.9. The van der Waals surface area contributed by atoms with Gasteiger partial charge in [-0.05, 0) is 36.6 Å². The zero-order valence-corrected chi connectivity index (χ0v) is 21.3. The first-order valence-corrected chi connectivity index (χ1v) is 13.9. The van der Waals surface area contributed by atoms with Gasteiger partial charge in [0.25, 0.3) is 5.91 Å². The Labute approximate surface area is 212 Å². The zero-order chi connectivity index (χ0) is 24.7. The monoisotopic (exact) mass is 517 g/mol. The van der Waals surface area contributed by atoms with Crippen LogP contribution in [0.4, 0.5) is 0 Å². The molecule has 1 amide bonds. The van der Waals surface area contributed by atoms with Gasteiger partial charge in [-0.1, -0.05) is 66.9 Å². The molecule has 1 saturated heterocycles. The Kier molecular flexibility index (Phi) is 8.83. The lowest BCUT2D eigenvalue weighted by Gasteiger charge is -2.34. The number of nitrogens with one attached hydrogen (secondary N) is 1. The summed E-state index contributed by atoms with van der Waals surface area (Å²) in [5.41, 5.74) is 1.17. The molecule has 0 unspecified atom stereocenters. The number of rotatable bonds is 9. The second kappa shape index (κ2) is 12.0. The summed E-state index contributed by atoms with van der Waals surface area (Å²) in [5.74, 6) is 0.185. The summed E-state index contributed by atoms with van der Waals surface area (Å²) < 4.78 is 33.6. The van der Waals surface area contributed by atoms with Crippen LogP contribution in [-0.4, -0.2) is 69.5 Å². The van der Waals surface area contributed by atoms with E-state index in [1.165, 1.54) is 23.8 Å². The number of carbonyl (C=O) groups is 1. The molecule has 4 rings (SSSR count). The number of benzene rings is 2. The molecule has 188 valence electrons. The average molecular weight is 518 g/mol. The van der Waals surface area contributed by atoms with Crippen LogP contribution in [0.2, 0.25) is 5.02 Å². The number of hydrogen-bond acceptors (Lipinski definition) is 5. The maximum Gasteiger partial charge on any atom is 0.260 e. The van der Waals surface area contributed by atoms with Crippen LogP contribution in [0, 0.1) is 0 Å². The molecule has 0 aromatic heterocycles. The summed E-state index contributed by atoms with van der Waals surface area (Å²) in [7, 11) is -3.63. The van der Waals surface area contributed by atoms with Crippen LogP contribution >= 0.6 is 11.6 Å². The third-order valence-corrected chi connectivity index (χ3v) is 8.25. The largest absolute Gasteiger partial charge is 0.482 e. The molecule has 1 aliphatic heterocycles. The third-order valence-electron chi connectivity index (χ3n) is 6.44. The smallest absolute Gasteiger partial charge is 0.260 e. The minimum atomic E-state index is -3.63. The van der Waals surface area contributed by atoms with Crippen LogP contribution < -0.4 is 9.46 Å². The van der Waals surface area contributed by atoms with Gasteiger partial charge in [-0.2, -0.15) is 0 Å². The van der Waals surface area contributed by atoms with Crippen molar-refractivity contribution in [2.45, 2.75) is 36.6 Å². The SMILES string of the molecule is O=C(COc1ccc(S(=O)(=O)NC2CCCC2)cc1Cl)N1CCN(C/C=C/c2ccccc2)CC1. The van der Waals surface area contributed by atoms with E-state index in [2.05, 4.69) is 33.9 Å². The van der Waals surface area contributed by atoms with Gasteiger partial charge >= 0.3 is 0 Å². The average Bonchev–Trinajstić information content (AvgIpc) is 3.36. The number of sulfonamides is 1. The van der Waals surface area contributed by atoms with E-state index in [4.69, 9.17) is 16.3 Å². The Bertz CT molecular complexity index is 1130. The number of amides is 1. The number of nitrogens with zero attached hydrogens (tertiary/aromatic N) is 2. The molecule has 9 heteroatoms. The van der Waals surface area contributed by atoms with Crippen molar-refractivity contribution in [3.8, 4) is 5.75 Å². The Morgan fingerprint density at radius 1 is 1.06 bits per heavy atom. The van der Waals surface area contributed by atoms with Gasteiger partial charge in [0.15, 0.2) is 6.61 Å². The summed E-state index contributed by atoms with van der Waals surface area (Å²) in [5, 5.41) is 0.169. The Morgan fingerprint density at radius 3 is 2.46 bits per heavy atom. The molecular formula is C26H32ClN3O4S. The molecule has 7 nitrogen and oxygen atoms in total. The van der Waals surface area contributed by atoms with Gasteiger partial charge in [0.2, 0.25) is 10.0 Å². The van der Waals surface area contributed by atoms with Crippen molar-refractivity contribution < 1.29 is 17.9 Å². The normalized spacial score (nSPS) is 17.8. The molecule has 2 aromatic rings. The van der Waals surface area contributed by atoms with Crippen LogP contribution in [0.1, 0.15) is 31.2 Å². The van der Waals surface area contributed by atoms with Gasteiger partial charge < -0.3 is 9.64 Å². The molecule has 35 heavy (non-hydrogen) atoms. The molecule has 1 N–H and O–H groups in total. The fourth-order valence-corrected chi connectivity index (χ4v) is 6.04. The third kappa shape index (κ3) is 7.30. The Hall–Kier alpha value is -2.39. The van der Waals surface area contributed by atoms with Crippen LogP contribution in [0.15, 0.2) is 59.5 Å². The second-order valence-electron chi connectivity index (χ2n) is 8.98. The highest BCUT2D eigenvalue weighted by atomic mass is 35.5. The van der Waals surface area contributed by atoms with Gasteiger partial charge in [-0.15, -0.1) is 0 Å². The predicted molar refractivity (Wildman–Crippen MR) is 138 cm³/mol. The summed E-state index contributed by atoms with van der Waals surface area (Å²) in [4.78, 5) is 16.8. The van der Waals surface area contributed by atoms with E-state index in [9.17, 15) is 13.2 Å². The van der Waals surface area contributed by atoms with Crippen molar-refractivity contribution in [2.75, 3.05) is 39.3 Å². The molecule has 0 radical (unpaired) electrons. The molecule has 1 heterocycles. The highest BCUT2D eigenvalue weighted by molar-refractivity contribution is 7.89. The van der Waals surface area contributed by atoms with Gasteiger partial charge in [-0.25, -0.2) is 13.1 Å². The van der Waals surface area contributed by atoms with Crippen molar-refractivity contribution in [3.05, 3.63) is 65.2 Å². The van der Waals surface area contributed by atoms with Crippen molar-refractivity contribution in [1.82, 2.24) is 14.5 Å². The van der Waals surface area contributed by atoms with E-state index in [1.807, 2.05) is 18.2 Å².